The summed E-state index contributed by atoms with van der Waals surface area (Å²) in [6, 6.07) is 13.3. The minimum absolute atomic E-state index is 0.240. The lowest BCUT2D eigenvalue weighted by atomic mass is 10.1. The minimum atomic E-state index is -0.517. The lowest BCUT2D eigenvalue weighted by Crippen LogP contribution is -2.17. The van der Waals surface area contributed by atoms with Crippen LogP contribution in [0.3, 0.4) is 0 Å². The zero-order valence-corrected chi connectivity index (χ0v) is 16.1. The predicted octanol–water partition coefficient (Wildman–Crippen LogP) is 4.68. The molecule has 1 aromatic heterocycles. The van der Waals surface area contributed by atoms with Crippen molar-refractivity contribution in [2.75, 3.05) is 6.61 Å². The van der Waals surface area contributed by atoms with Crippen LogP contribution in [0.2, 0.25) is 5.02 Å². The van der Waals surface area contributed by atoms with E-state index >= 15 is 0 Å². The van der Waals surface area contributed by atoms with Gasteiger partial charge < -0.3 is 9.15 Å². The molecule has 6 nitrogen and oxygen atoms in total. The van der Waals surface area contributed by atoms with Crippen molar-refractivity contribution < 1.29 is 23.1 Å². The van der Waals surface area contributed by atoms with Crippen molar-refractivity contribution >= 4 is 29.7 Å². The van der Waals surface area contributed by atoms with Gasteiger partial charge in [0.2, 0.25) is 0 Å². The molecule has 1 heterocycles. The van der Waals surface area contributed by atoms with E-state index in [1.807, 2.05) is 0 Å². The molecule has 0 aliphatic carbocycles. The predicted molar refractivity (Wildman–Crippen MR) is 107 cm³/mol. The summed E-state index contributed by atoms with van der Waals surface area (Å²) in [6.45, 7) is 1.95. The Kier molecular flexibility index (Phi) is 6.41. The Bertz CT molecular complexity index is 1060. The third kappa shape index (κ3) is 5.08. The molecule has 0 spiro atoms. The summed E-state index contributed by atoms with van der Waals surface area (Å²) in [5.74, 6) is -0.562. The van der Waals surface area contributed by atoms with Crippen LogP contribution in [0.5, 0.6) is 0 Å². The van der Waals surface area contributed by atoms with Crippen LogP contribution in [0.1, 0.15) is 33.4 Å². The second kappa shape index (κ2) is 9.16. The fourth-order valence-corrected chi connectivity index (χ4v) is 2.64. The fraction of sp³-hybridized carbons (Fsp3) is 0.0952. The molecule has 0 aliphatic heterocycles. The molecule has 2 aromatic carbocycles. The summed E-state index contributed by atoms with van der Waals surface area (Å²) >= 11 is 6.06. The number of nitrogens with zero attached hydrogens (tertiary/aromatic N) is 1. The van der Waals surface area contributed by atoms with Gasteiger partial charge >= 0.3 is 5.97 Å². The van der Waals surface area contributed by atoms with Crippen LogP contribution in [0.4, 0.5) is 4.39 Å². The Morgan fingerprint density at radius 1 is 1.17 bits per heavy atom. The van der Waals surface area contributed by atoms with E-state index in [1.54, 1.807) is 37.3 Å². The highest BCUT2D eigenvalue weighted by atomic mass is 35.5. The van der Waals surface area contributed by atoms with Gasteiger partial charge in [-0.2, -0.15) is 5.10 Å². The summed E-state index contributed by atoms with van der Waals surface area (Å²) in [7, 11) is 0. The molecule has 0 unspecified atom stereocenters. The molecule has 0 aliphatic rings. The first kappa shape index (κ1) is 20.3. The molecular weight excluding hydrogens is 399 g/mol. The second-order valence-electron chi connectivity index (χ2n) is 5.82. The Hall–Kier alpha value is -3.45. The van der Waals surface area contributed by atoms with E-state index in [4.69, 9.17) is 20.8 Å². The number of esters is 1. The lowest BCUT2D eigenvalue weighted by Gasteiger charge is -2.05. The number of furan rings is 1. The number of carbonyl (C=O) groups excluding carboxylic acids is 2. The number of hydrogen-bond donors (Lipinski definition) is 1. The third-order valence-electron chi connectivity index (χ3n) is 3.84. The maximum atomic E-state index is 12.9. The molecule has 0 saturated heterocycles. The molecule has 1 N–H and O–H groups in total. The van der Waals surface area contributed by atoms with Gasteiger partial charge in [-0.05, 0) is 61.5 Å². The van der Waals surface area contributed by atoms with Gasteiger partial charge in [-0.1, -0.05) is 11.6 Å². The number of halogens is 2. The van der Waals surface area contributed by atoms with Gasteiger partial charge in [0, 0.05) is 11.1 Å². The van der Waals surface area contributed by atoms with Crippen LogP contribution in [-0.4, -0.2) is 24.7 Å². The van der Waals surface area contributed by atoms with Crippen molar-refractivity contribution in [3.8, 4) is 11.3 Å². The number of rotatable bonds is 6. The molecule has 1 amide bonds. The number of carbonyl (C=O) groups is 2. The van der Waals surface area contributed by atoms with E-state index < -0.39 is 17.7 Å². The van der Waals surface area contributed by atoms with E-state index in [2.05, 4.69) is 10.5 Å². The SMILES string of the molecule is CCOC(=O)c1cc(-c2ccc(/C=N\NC(=O)c3ccc(F)cc3)o2)ccc1Cl. The van der Waals surface area contributed by atoms with E-state index in [9.17, 15) is 14.0 Å². The fourth-order valence-electron chi connectivity index (χ4n) is 2.44. The van der Waals surface area contributed by atoms with Crippen LogP contribution < -0.4 is 5.43 Å². The first-order chi connectivity index (χ1) is 14.0. The van der Waals surface area contributed by atoms with Gasteiger partial charge in [0.15, 0.2) is 0 Å². The number of ether oxygens (including phenoxy) is 1. The Morgan fingerprint density at radius 3 is 2.66 bits per heavy atom. The van der Waals surface area contributed by atoms with Crippen LogP contribution >= 0.6 is 11.6 Å². The van der Waals surface area contributed by atoms with E-state index in [1.165, 1.54) is 30.5 Å². The van der Waals surface area contributed by atoms with Crippen LogP contribution in [-0.2, 0) is 4.74 Å². The molecule has 29 heavy (non-hydrogen) atoms. The second-order valence-corrected chi connectivity index (χ2v) is 6.23. The molecule has 3 aromatic rings. The average Bonchev–Trinajstić information content (AvgIpc) is 3.18. The lowest BCUT2D eigenvalue weighted by molar-refractivity contribution is 0.0526. The normalized spacial score (nSPS) is 10.9. The summed E-state index contributed by atoms with van der Waals surface area (Å²) in [5, 5.41) is 4.11. The molecule has 8 heteroatoms. The first-order valence-corrected chi connectivity index (χ1v) is 9.01. The van der Waals surface area contributed by atoms with Gasteiger partial charge in [-0.3, -0.25) is 4.79 Å². The number of hydrazone groups is 1. The molecule has 3 rings (SSSR count). The van der Waals surface area contributed by atoms with E-state index in [0.29, 0.717) is 17.1 Å². The third-order valence-corrected chi connectivity index (χ3v) is 4.17. The topological polar surface area (TPSA) is 80.9 Å². The van der Waals surface area contributed by atoms with Crippen LogP contribution in [0.25, 0.3) is 11.3 Å². The van der Waals surface area contributed by atoms with Crippen molar-refractivity contribution in [2.45, 2.75) is 6.92 Å². The smallest absolute Gasteiger partial charge is 0.339 e. The quantitative estimate of drug-likeness (QED) is 0.361. The zero-order valence-electron chi connectivity index (χ0n) is 15.3. The monoisotopic (exact) mass is 414 g/mol. The Morgan fingerprint density at radius 2 is 1.93 bits per heavy atom. The molecule has 0 saturated carbocycles. The van der Waals surface area contributed by atoms with Crippen molar-refractivity contribution in [2.24, 2.45) is 5.10 Å². The molecule has 148 valence electrons. The van der Waals surface area contributed by atoms with Crippen molar-refractivity contribution in [3.05, 3.63) is 82.3 Å². The summed E-state index contributed by atoms with van der Waals surface area (Å²) in [4.78, 5) is 23.9. The molecular formula is C21H16ClFN2O4. The van der Waals surface area contributed by atoms with Crippen LogP contribution in [0, 0.1) is 5.82 Å². The van der Waals surface area contributed by atoms with Crippen LogP contribution in [0.15, 0.2) is 64.1 Å². The molecule has 0 atom stereocenters. The number of amides is 1. The minimum Gasteiger partial charge on any atom is -0.462 e. The van der Waals surface area contributed by atoms with Gasteiger partial charge in [-0.25, -0.2) is 14.6 Å². The largest absolute Gasteiger partial charge is 0.462 e. The summed E-state index contributed by atoms with van der Waals surface area (Å²) < 4.78 is 23.5. The highest BCUT2D eigenvalue weighted by molar-refractivity contribution is 6.33. The highest BCUT2D eigenvalue weighted by Crippen LogP contribution is 2.27. The Labute approximate surface area is 170 Å². The molecule has 0 fully saturated rings. The first-order valence-electron chi connectivity index (χ1n) is 8.63. The number of hydrogen-bond acceptors (Lipinski definition) is 5. The summed E-state index contributed by atoms with van der Waals surface area (Å²) in [6.07, 6.45) is 1.33. The van der Waals surface area contributed by atoms with Crippen molar-refractivity contribution in [3.63, 3.8) is 0 Å². The number of benzene rings is 2. The maximum Gasteiger partial charge on any atom is 0.339 e. The van der Waals surface area contributed by atoms with Crippen molar-refractivity contribution in [1.82, 2.24) is 5.43 Å². The number of nitrogens with one attached hydrogen (secondary N) is 1. The molecule has 0 radical (unpaired) electrons. The van der Waals surface area contributed by atoms with Gasteiger partial charge in [0.1, 0.15) is 17.3 Å². The van der Waals surface area contributed by atoms with Gasteiger partial charge in [0.25, 0.3) is 5.91 Å². The van der Waals surface area contributed by atoms with Gasteiger partial charge in [-0.15, -0.1) is 0 Å². The van der Waals surface area contributed by atoms with Gasteiger partial charge in [0.05, 0.1) is 23.4 Å². The van der Waals surface area contributed by atoms with Crippen molar-refractivity contribution in [1.29, 1.82) is 0 Å². The maximum absolute atomic E-state index is 12.9. The van der Waals surface area contributed by atoms with E-state index in [0.717, 1.165) is 0 Å². The average molecular weight is 415 g/mol. The highest BCUT2D eigenvalue weighted by Gasteiger charge is 2.14. The Balaban J connectivity index is 1.70. The standard InChI is InChI=1S/C21H16ClFN2O4/c1-2-28-21(27)17-11-14(5-9-18(17)22)19-10-8-16(29-19)12-24-25-20(26)13-3-6-15(23)7-4-13/h3-12H,2H2,1H3,(H,25,26)/b24-12-. The zero-order chi connectivity index (χ0) is 20.8. The molecule has 0 bridgehead atoms. The van der Waals surface area contributed by atoms with E-state index in [-0.39, 0.29) is 22.8 Å². The summed E-state index contributed by atoms with van der Waals surface area (Å²) in [5.41, 5.74) is 3.48.